The van der Waals surface area contributed by atoms with Gasteiger partial charge in [-0.3, -0.25) is 4.79 Å². The summed E-state index contributed by atoms with van der Waals surface area (Å²) in [5.41, 5.74) is 0.462. The number of hydrogen-bond donors (Lipinski definition) is 1. The van der Waals surface area contributed by atoms with Gasteiger partial charge in [0.1, 0.15) is 0 Å². The van der Waals surface area contributed by atoms with E-state index in [1.54, 1.807) is 36.5 Å². The first kappa shape index (κ1) is 12.8. The zero-order valence-corrected chi connectivity index (χ0v) is 10.3. The summed E-state index contributed by atoms with van der Waals surface area (Å²) in [7, 11) is 1.26. The first-order valence-electron chi connectivity index (χ1n) is 5.65. The third-order valence-corrected chi connectivity index (χ3v) is 2.52. The Morgan fingerprint density at radius 1 is 1.26 bits per heavy atom. The van der Waals surface area contributed by atoms with Gasteiger partial charge in [-0.25, -0.2) is 9.48 Å². The standard InChI is InChI=1S/C13H13N3O3/c1-19-13(18)11(16-9-5-8-14-16)15-12(17)10-6-3-2-4-7-10/h2-9,11H,1H3,(H,15,17). The number of nitrogens with zero attached hydrogens (tertiary/aromatic N) is 2. The van der Waals surface area contributed by atoms with E-state index in [4.69, 9.17) is 0 Å². The third kappa shape index (κ3) is 2.98. The number of ether oxygens (including phenoxy) is 1. The highest BCUT2D eigenvalue weighted by atomic mass is 16.5. The van der Waals surface area contributed by atoms with Crippen LogP contribution in [0.4, 0.5) is 0 Å². The molecule has 1 unspecified atom stereocenters. The van der Waals surface area contributed by atoms with Gasteiger partial charge in [0.15, 0.2) is 0 Å². The fourth-order valence-corrected chi connectivity index (χ4v) is 1.58. The van der Waals surface area contributed by atoms with Gasteiger partial charge in [-0.15, -0.1) is 0 Å². The molecule has 0 aliphatic carbocycles. The van der Waals surface area contributed by atoms with Crippen molar-refractivity contribution in [2.24, 2.45) is 0 Å². The molecule has 98 valence electrons. The Hall–Kier alpha value is -2.63. The normalized spacial score (nSPS) is 11.6. The number of methoxy groups -OCH3 is 1. The van der Waals surface area contributed by atoms with Crippen LogP contribution in [0, 0.1) is 0 Å². The summed E-state index contributed by atoms with van der Waals surface area (Å²) in [4.78, 5) is 23.7. The molecule has 0 radical (unpaired) electrons. The van der Waals surface area contributed by atoms with E-state index in [-0.39, 0.29) is 5.91 Å². The van der Waals surface area contributed by atoms with Crippen LogP contribution in [0.1, 0.15) is 16.5 Å². The highest BCUT2D eigenvalue weighted by Gasteiger charge is 2.23. The fourth-order valence-electron chi connectivity index (χ4n) is 1.58. The molecule has 1 aromatic heterocycles. The largest absolute Gasteiger partial charge is 0.466 e. The molecule has 2 aromatic rings. The first-order valence-corrected chi connectivity index (χ1v) is 5.65. The van der Waals surface area contributed by atoms with Gasteiger partial charge >= 0.3 is 5.97 Å². The zero-order valence-electron chi connectivity index (χ0n) is 10.3. The topological polar surface area (TPSA) is 73.2 Å². The minimum Gasteiger partial charge on any atom is -0.466 e. The maximum atomic E-state index is 12.0. The quantitative estimate of drug-likeness (QED) is 0.831. The lowest BCUT2D eigenvalue weighted by atomic mass is 10.2. The van der Waals surface area contributed by atoms with Crippen LogP contribution in [0.3, 0.4) is 0 Å². The zero-order chi connectivity index (χ0) is 13.7. The van der Waals surface area contributed by atoms with Crippen LogP contribution in [0.2, 0.25) is 0 Å². The van der Waals surface area contributed by atoms with Gasteiger partial charge < -0.3 is 10.1 Å². The summed E-state index contributed by atoms with van der Waals surface area (Å²) in [5, 5.41) is 6.51. The van der Waals surface area contributed by atoms with Crippen LogP contribution in [-0.4, -0.2) is 28.8 Å². The molecule has 0 fully saturated rings. The summed E-state index contributed by atoms with van der Waals surface area (Å²) in [5.74, 6) is -0.959. The number of nitrogens with one attached hydrogen (secondary N) is 1. The number of esters is 1. The molecule has 2 rings (SSSR count). The van der Waals surface area contributed by atoms with Crippen molar-refractivity contribution in [3.8, 4) is 0 Å². The molecule has 1 heterocycles. The van der Waals surface area contributed by atoms with E-state index < -0.39 is 12.1 Å². The van der Waals surface area contributed by atoms with Gasteiger partial charge in [0.25, 0.3) is 5.91 Å². The second-order valence-corrected chi connectivity index (χ2v) is 3.75. The maximum Gasteiger partial charge on any atom is 0.351 e. The Bertz CT molecular complexity index is 552. The molecular weight excluding hydrogens is 246 g/mol. The average Bonchev–Trinajstić information content (AvgIpc) is 2.98. The van der Waals surface area contributed by atoms with E-state index in [1.807, 2.05) is 6.07 Å². The second kappa shape index (κ2) is 5.81. The van der Waals surface area contributed by atoms with Crippen molar-refractivity contribution in [2.45, 2.75) is 6.17 Å². The summed E-state index contributed by atoms with van der Waals surface area (Å²) in [6.45, 7) is 0. The highest BCUT2D eigenvalue weighted by molar-refractivity contribution is 5.96. The van der Waals surface area contributed by atoms with Crippen molar-refractivity contribution in [1.82, 2.24) is 15.1 Å². The third-order valence-electron chi connectivity index (χ3n) is 2.52. The monoisotopic (exact) mass is 259 g/mol. The van der Waals surface area contributed by atoms with Crippen molar-refractivity contribution in [1.29, 1.82) is 0 Å². The van der Waals surface area contributed by atoms with Crippen molar-refractivity contribution in [2.75, 3.05) is 7.11 Å². The molecule has 1 amide bonds. The molecule has 1 N–H and O–H groups in total. The molecule has 0 aliphatic heterocycles. The van der Waals surface area contributed by atoms with Gasteiger partial charge in [-0.05, 0) is 18.2 Å². The number of carbonyl (C=O) groups is 2. The van der Waals surface area contributed by atoms with E-state index in [0.29, 0.717) is 5.56 Å². The molecule has 0 saturated carbocycles. The van der Waals surface area contributed by atoms with Crippen LogP contribution < -0.4 is 5.32 Å². The first-order chi connectivity index (χ1) is 9.22. The Labute approximate surface area is 110 Å². The molecule has 1 aromatic carbocycles. The molecule has 0 bridgehead atoms. The molecular formula is C13H13N3O3. The Balaban J connectivity index is 2.18. The minimum absolute atomic E-state index is 0.369. The Morgan fingerprint density at radius 2 is 2.00 bits per heavy atom. The van der Waals surface area contributed by atoms with Crippen LogP contribution in [0.5, 0.6) is 0 Å². The lowest BCUT2D eigenvalue weighted by Gasteiger charge is -2.16. The molecule has 6 heteroatoms. The van der Waals surface area contributed by atoms with Crippen molar-refractivity contribution in [3.63, 3.8) is 0 Å². The van der Waals surface area contributed by atoms with Crippen LogP contribution in [-0.2, 0) is 9.53 Å². The predicted molar refractivity (Wildman–Crippen MR) is 67.2 cm³/mol. The van der Waals surface area contributed by atoms with Crippen LogP contribution in [0.15, 0.2) is 48.8 Å². The summed E-state index contributed by atoms with van der Waals surface area (Å²) in [6, 6.07) is 10.3. The molecule has 0 aliphatic rings. The summed E-state index contributed by atoms with van der Waals surface area (Å²) >= 11 is 0. The Kier molecular flexibility index (Phi) is 3.92. The highest BCUT2D eigenvalue weighted by Crippen LogP contribution is 2.06. The molecule has 0 saturated heterocycles. The minimum atomic E-state index is -0.979. The van der Waals surface area contributed by atoms with Gasteiger partial charge in [-0.1, -0.05) is 18.2 Å². The number of hydrogen-bond acceptors (Lipinski definition) is 4. The summed E-state index contributed by atoms with van der Waals surface area (Å²) < 4.78 is 5.98. The van der Waals surface area contributed by atoms with Gasteiger partial charge in [0.05, 0.1) is 7.11 Å². The molecule has 0 spiro atoms. The van der Waals surface area contributed by atoms with Crippen molar-refractivity contribution in [3.05, 3.63) is 54.4 Å². The predicted octanol–water partition coefficient (Wildman–Crippen LogP) is 0.985. The Morgan fingerprint density at radius 3 is 2.58 bits per heavy atom. The lowest BCUT2D eigenvalue weighted by molar-refractivity contribution is -0.145. The van der Waals surface area contributed by atoms with E-state index in [2.05, 4.69) is 15.2 Å². The van der Waals surface area contributed by atoms with E-state index in [9.17, 15) is 9.59 Å². The lowest BCUT2D eigenvalue weighted by Crippen LogP contribution is -2.38. The SMILES string of the molecule is COC(=O)C(NC(=O)c1ccccc1)n1cccn1. The average molecular weight is 259 g/mol. The van der Waals surface area contributed by atoms with Crippen LogP contribution >= 0.6 is 0 Å². The molecule has 6 nitrogen and oxygen atoms in total. The molecule has 19 heavy (non-hydrogen) atoms. The van der Waals surface area contributed by atoms with Crippen LogP contribution in [0.25, 0.3) is 0 Å². The number of amides is 1. The number of benzene rings is 1. The van der Waals surface area contributed by atoms with Gasteiger partial charge in [0.2, 0.25) is 6.17 Å². The number of carbonyl (C=O) groups excluding carboxylic acids is 2. The smallest absolute Gasteiger partial charge is 0.351 e. The van der Waals surface area contributed by atoms with Crippen molar-refractivity contribution < 1.29 is 14.3 Å². The van der Waals surface area contributed by atoms with E-state index >= 15 is 0 Å². The summed E-state index contributed by atoms with van der Waals surface area (Å²) in [6.07, 6.45) is 2.12. The fraction of sp³-hybridized carbons (Fsp3) is 0.154. The van der Waals surface area contributed by atoms with Crippen molar-refractivity contribution >= 4 is 11.9 Å². The number of aromatic nitrogens is 2. The van der Waals surface area contributed by atoms with Gasteiger partial charge in [-0.2, -0.15) is 5.10 Å². The van der Waals surface area contributed by atoms with E-state index in [1.165, 1.54) is 18.0 Å². The maximum absolute atomic E-state index is 12.0. The van der Waals surface area contributed by atoms with Gasteiger partial charge in [0, 0.05) is 18.0 Å². The van der Waals surface area contributed by atoms with E-state index in [0.717, 1.165) is 0 Å². The second-order valence-electron chi connectivity index (χ2n) is 3.75. The number of rotatable bonds is 4. The molecule has 1 atom stereocenters.